The molecule has 7 heteroatoms. The maximum atomic E-state index is 13.7. The average Bonchev–Trinajstić information content (AvgIpc) is 3.25. The standard InChI is InChI=1S/C28H34N2O4S/c1-20-12-14-23(35-20)18-29(17-21-10-8-7-9-11-21)26(31)19-30(28(2,3)4)27(32)24-15-13-22(33-5)16-25(24)34-6/h7-16H,17-19H2,1-6H3. The normalized spacial score (nSPS) is 11.1. The molecule has 0 saturated heterocycles. The van der Waals surface area contributed by atoms with Crippen LogP contribution in [0.1, 0.15) is 46.4 Å². The predicted octanol–water partition coefficient (Wildman–Crippen LogP) is 5.54. The van der Waals surface area contributed by atoms with Crippen LogP contribution in [-0.4, -0.2) is 47.9 Å². The molecule has 3 rings (SSSR count). The highest BCUT2D eigenvalue weighted by molar-refractivity contribution is 7.11. The zero-order valence-corrected chi connectivity index (χ0v) is 22.1. The van der Waals surface area contributed by atoms with Crippen LogP contribution < -0.4 is 9.47 Å². The van der Waals surface area contributed by atoms with Crippen molar-refractivity contribution in [1.29, 1.82) is 0 Å². The molecule has 0 aliphatic rings. The van der Waals surface area contributed by atoms with Gasteiger partial charge in [-0.3, -0.25) is 9.59 Å². The molecule has 0 spiro atoms. The van der Waals surface area contributed by atoms with E-state index in [2.05, 4.69) is 19.1 Å². The smallest absolute Gasteiger partial charge is 0.258 e. The Bertz CT molecular complexity index is 1150. The van der Waals surface area contributed by atoms with Crippen LogP contribution in [0.5, 0.6) is 11.5 Å². The molecule has 3 aromatic rings. The predicted molar refractivity (Wildman–Crippen MR) is 140 cm³/mol. The number of carbonyl (C=O) groups is 2. The maximum absolute atomic E-state index is 13.7. The molecule has 1 heterocycles. The summed E-state index contributed by atoms with van der Waals surface area (Å²) in [6, 6.07) is 19.1. The van der Waals surface area contributed by atoms with Gasteiger partial charge in [0.1, 0.15) is 18.0 Å². The summed E-state index contributed by atoms with van der Waals surface area (Å²) >= 11 is 1.68. The number of methoxy groups -OCH3 is 2. The largest absolute Gasteiger partial charge is 0.497 e. The Labute approximate surface area is 212 Å². The van der Waals surface area contributed by atoms with Gasteiger partial charge in [0.15, 0.2) is 0 Å². The first-order valence-corrected chi connectivity index (χ1v) is 12.3. The van der Waals surface area contributed by atoms with Crippen molar-refractivity contribution in [2.45, 2.75) is 46.3 Å². The first-order valence-electron chi connectivity index (χ1n) is 11.5. The monoisotopic (exact) mass is 494 g/mol. The quantitative estimate of drug-likeness (QED) is 0.392. The summed E-state index contributed by atoms with van der Waals surface area (Å²) < 4.78 is 10.7. The van der Waals surface area contributed by atoms with Crippen molar-refractivity contribution in [3.8, 4) is 11.5 Å². The highest BCUT2D eigenvalue weighted by Gasteiger charge is 2.32. The summed E-state index contributed by atoms with van der Waals surface area (Å²) in [5.74, 6) is 0.621. The fourth-order valence-electron chi connectivity index (χ4n) is 3.76. The van der Waals surface area contributed by atoms with Crippen LogP contribution in [0.15, 0.2) is 60.7 Å². The number of hydrogen-bond acceptors (Lipinski definition) is 5. The van der Waals surface area contributed by atoms with E-state index in [0.29, 0.717) is 30.2 Å². The highest BCUT2D eigenvalue weighted by Crippen LogP contribution is 2.28. The molecule has 35 heavy (non-hydrogen) atoms. The number of thiophene rings is 1. The molecule has 0 aliphatic carbocycles. The van der Waals surface area contributed by atoms with E-state index >= 15 is 0 Å². The van der Waals surface area contributed by atoms with E-state index in [4.69, 9.17) is 9.47 Å². The van der Waals surface area contributed by atoms with Gasteiger partial charge in [-0.15, -0.1) is 11.3 Å². The maximum Gasteiger partial charge on any atom is 0.258 e. The molecule has 0 radical (unpaired) electrons. The minimum absolute atomic E-state index is 0.0469. The topological polar surface area (TPSA) is 59.1 Å². The molecule has 0 aliphatic heterocycles. The number of amides is 2. The number of carbonyl (C=O) groups excluding carboxylic acids is 2. The van der Waals surface area contributed by atoms with Crippen molar-refractivity contribution in [1.82, 2.24) is 9.80 Å². The molecule has 186 valence electrons. The first kappa shape index (κ1) is 26.3. The summed E-state index contributed by atoms with van der Waals surface area (Å²) in [7, 11) is 3.08. The van der Waals surface area contributed by atoms with Crippen LogP contribution >= 0.6 is 11.3 Å². The fourth-order valence-corrected chi connectivity index (χ4v) is 4.67. The number of hydrogen-bond donors (Lipinski definition) is 0. The van der Waals surface area contributed by atoms with Crippen LogP contribution in [0.4, 0.5) is 0 Å². The number of rotatable bonds is 9. The SMILES string of the molecule is COc1ccc(C(=O)N(CC(=O)N(Cc2ccccc2)Cc2ccc(C)s2)C(C)(C)C)c(OC)c1. The van der Waals surface area contributed by atoms with Crippen molar-refractivity contribution in [3.05, 3.63) is 81.5 Å². The summed E-state index contributed by atoms with van der Waals surface area (Å²) in [4.78, 5) is 33.1. The second-order valence-corrected chi connectivity index (χ2v) is 10.7. The van der Waals surface area contributed by atoms with E-state index in [1.54, 1.807) is 41.5 Å². The zero-order chi connectivity index (χ0) is 25.6. The van der Waals surface area contributed by atoms with Gasteiger partial charge in [0.2, 0.25) is 5.91 Å². The molecular weight excluding hydrogens is 460 g/mol. The summed E-state index contributed by atoms with van der Waals surface area (Å²) in [6.45, 7) is 8.75. The van der Waals surface area contributed by atoms with Crippen LogP contribution in [0.25, 0.3) is 0 Å². The van der Waals surface area contributed by atoms with Gasteiger partial charge in [-0.1, -0.05) is 30.3 Å². The van der Waals surface area contributed by atoms with E-state index in [-0.39, 0.29) is 18.4 Å². The molecular formula is C28H34N2O4S. The number of ether oxygens (including phenoxy) is 2. The second-order valence-electron chi connectivity index (χ2n) is 9.38. The van der Waals surface area contributed by atoms with Gasteiger partial charge in [-0.05, 0) is 57.5 Å². The van der Waals surface area contributed by atoms with Crippen molar-refractivity contribution in [3.63, 3.8) is 0 Å². The Morgan fingerprint density at radius 3 is 2.20 bits per heavy atom. The molecule has 0 unspecified atom stereocenters. The van der Waals surface area contributed by atoms with Gasteiger partial charge in [-0.2, -0.15) is 0 Å². The molecule has 0 atom stereocenters. The number of benzene rings is 2. The van der Waals surface area contributed by atoms with E-state index in [0.717, 1.165) is 10.4 Å². The van der Waals surface area contributed by atoms with E-state index in [9.17, 15) is 9.59 Å². The average molecular weight is 495 g/mol. The van der Waals surface area contributed by atoms with E-state index < -0.39 is 5.54 Å². The van der Waals surface area contributed by atoms with Gasteiger partial charge < -0.3 is 19.3 Å². The zero-order valence-electron chi connectivity index (χ0n) is 21.3. The van der Waals surface area contributed by atoms with E-state index in [1.165, 1.54) is 12.0 Å². The Morgan fingerprint density at radius 1 is 0.914 bits per heavy atom. The minimum atomic E-state index is -0.588. The molecule has 2 aromatic carbocycles. The molecule has 0 fully saturated rings. The summed E-state index contributed by atoms with van der Waals surface area (Å²) in [5, 5.41) is 0. The van der Waals surface area contributed by atoms with Gasteiger partial charge in [0.05, 0.1) is 26.3 Å². The lowest BCUT2D eigenvalue weighted by Gasteiger charge is -2.37. The van der Waals surface area contributed by atoms with Gasteiger partial charge >= 0.3 is 0 Å². The Hall–Kier alpha value is -3.32. The second kappa shape index (κ2) is 11.4. The van der Waals surface area contributed by atoms with Gasteiger partial charge in [0.25, 0.3) is 5.91 Å². The number of nitrogens with zero attached hydrogens (tertiary/aromatic N) is 2. The fraction of sp³-hybridized carbons (Fsp3) is 0.357. The Balaban J connectivity index is 1.89. The highest BCUT2D eigenvalue weighted by atomic mass is 32.1. The third-order valence-corrected chi connectivity index (χ3v) is 6.68. The molecule has 2 amide bonds. The Kier molecular flexibility index (Phi) is 8.57. The first-order chi connectivity index (χ1) is 16.6. The van der Waals surface area contributed by atoms with Crippen molar-refractivity contribution in [2.75, 3.05) is 20.8 Å². The van der Waals surface area contributed by atoms with Crippen molar-refractivity contribution >= 4 is 23.2 Å². The molecule has 0 N–H and O–H groups in total. The van der Waals surface area contributed by atoms with Gasteiger partial charge in [-0.25, -0.2) is 0 Å². The lowest BCUT2D eigenvalue weighted by molar-refractivity contribution is -0.134. The molecule has 0 saturated carbocycles. The Morgan fingerprint density at radius 2 is 1.63 bits per heavy atom. The van der Waals surface area contributed by atoms with Gasteiger partial charge in [0, 0.05) is 27.9 Å². The lowest BCUT2D eigenvalue weighted by atomic mass is 10.0. The minimum Gasteiger partial charge on any atom is -0.497 e. The third-order valence-electron chi connectivity index (χ3n) is 5.70. The van der Waals surface area contributed by atoms with Crippen molar-refractivity contribution < 1.29 is 19.1 Å². The van der Waals surface area contributed by atoms with Crippen LogP contribution in [0, 0.1) is 6.92 Å². The molecule has 6 nitrogen and oxygen atoms in total. The van der Waals surface area contributed by atoms with E-state index in [1.807, 2.05) is 56.0 Å². The van der Waals surface area contributed by atoms with Crippen LogP contribution in [-0.2, 0) is 17.9 Å². The lowest BCUT2D eigenvalue weighted by Crippen LogP contribution is -2.51. The van der Waals surface area contributed by atoms with Crippen LogP contribution in [0.3, 0.4) is 0 Å². The number of aryl methyl sites for hydroxylation is 1. The van der Waals surface area contributed by atoms with Crippen molar-refractivity contribution in [2.24, 2.45) is 0 Å². The molecule has 0 bridgehead atoms. The third kappa shape index (κ3) is 6.85. The summed E-state index contributed by atoms with van der Waals surface area (Å²) in [6.07, 6.45) is 0. The summed E-state index contributed by atoms with van der Waals surface area (Å²) in [5.41, 5.74) is 0.842. The molecule has 1 aromatic heterocycles. The van der Waals surface area contributed by atoms with Crippen LogP contribution in [0.2, 0.25) is 0 Å².